The van der Waals surface area contributed by atoms with Gasteiger partial charge in [0.25, 0.3) is 5.91 Å². The largest absolute Gasteiger partial charge is 0.463 e. The van der Waals surface area contributed by atoms with E-state index in [1.54, 1.807) is 43.1 Å². The molecular weight excluding hydrogens is 348 g/mol. The standard InChI is InChI=1S/C15H11BrN4O2/c16-11-6-10(7-17-8-11)15(21)20-9-12-14(19-4-3-18-12)13-2-1-5-22-13/h1-8H,9H2,(H,20,21). The first kappa shape index (κ1) is 14.4. The summed E-state index contributed by atoms with van der Waals surface area (Å²) in [7, 11) is 0. The van der Waals surface area contributed by atoms with Crippen molar-refractivity contribution in [2.24, 2.45) is 0 Å². The van der Waals surface area contributed by atoms with Crippen molar-refractivity contribution in [1.29, 1.82) is 0 Å². The van der Waals surface area contributed by atoms with Crippen LogP contribution in [0, 0.1) is 0 Å². The molecule has 0 saturated carbocycles. The second kappa shape index (κ2) is 6.48. The summed E-state index contributed by atoms with van der Waals surface area (Å²) in [6, 6.07) is 5.28. The average Bonchev–Trinajstić information content (AvgIpc) is 3.07. The summed E-state index contributed by atoms with van der Waals surface area (Å²) >= 11 is 3.29. The third-order valence-electron chi connectivity index (χ3n) is 2.91. The smallest absolute Gasteiger partial charge is 0.253 e. The highest BCUT2D eigenvalue weighted by Gasteiger charge is 2.12. The SMILES string of the molecule is O=C(NCc1nccnc1-c1ccco1)c1cncc(Br)c1. The molecule has 0 spiro atoms. The number of halogens is 1. The van der Waals surface area contributed by atoms with Crippen molar-refractivity contribution >= 4 is 21.8 Å². The van der Waals surface area contributed by atoms with Crippen molar-refractivity contribution in [3.05, 3.63) is 65.0 Å². The van der Waals surface area contributed by atoms with Crippen LogP contribution in [0.5, 0.6) is 0 Å². The summed E-state index contributed by atoms with van der Waals surface area (Å²) in [6.45, 7) is 0.245. The lowest BCUT2D eigenvalue weighted by Gasteiger charge is -2.07. The first-order valence-corrected chi connectivity index (χ1v) is 7.26. The number of hydrogen-bond donors (Lipinski definition) is 1. The maximum atomic E-state index is 12.1. The number of amides is 1. The molecule has 22 heavy (non-hydrogen) atoms. The summed E-state index contributed by atoms with van der Waals surface area (Å²) in [5.41, 5.74) is 1.71. The summed E-state index contributed by atoms with van der Waals surface area (Å²) in [6.07, 6.45) is 7.86. The Morgan fingerprint density at radius 1 is 1.27 bits per heavy atom. The van der Waals surface area contributed by atoms with E-state index < -0.39 is 0 Å². The number of carbonyl (C=O) groups is 1. The fourth-order valence-corrected chi connectivity index (χ4v) is 2.28. The Kier molecular flexibility index (Phi) is 4.24. The summed E-state index contributed by atoms with van der Waals surface area (Å²) < 4.78 is 6.08. The van der Waals surface area contributed by atoms with Crippen molar-refractivity contribution in [2.45, 2.75) is 6.54 Å². The monoisotopic (exact) mass is 358 g/mol. The normalized spacial score (nSPS) is 10.4. The van der Waals surface area contributed by atoms with Crippen molar-refractivity contribution in [3.63, 3.8) is 0 Å². The quantitative estimate of drug-likeness (QED) is 0.775. The molecule has 0 aliphatic carbocycles. The molecule has 0 saturated heterocycles. The summed E-state index contributed by atoms with van der Waals surface area (Å²) in [5, 5.41) is 2.80. The minimum Gasteiger partial charge on any atom is -0.463 e. The number of nitrogens with one attached hydrogen (secondary N) is 1. The molecule has 3 heterocycles. The van der Waals surface area contributed by atoms with Gasteiger partial charge in [0.05, 0.1) is 24.1 Å². The highest BCUT2D eigenvalue weighted by molar-refractivity contribution is 9.10. The van der Waals surface area contributed by atoms with Gasteiger partial charge in [0.2, 0.25) is 0 Å². The van der Waals surface area contributed by atoms with Gasteiger partial charge in [-0.15, -0.1) is 0 Å². The van der Waals surface area contributed by atoms with Gasteiger partial charge in [-0.2, -0.15) is 0 Å². The van der Waals surface area contributed by atoms with Crippen LogP contribution >= 0.6 is 15.9 Å². The van der Waals surface area contributed by atoms with E-state index in [1.165, 1.54) is 6.20 Å². The Morgan fingerprint density at radius 3 is 2.91 bits per heavy atom. The third kappa shape index (κ3) is 3.20. The number of carbonyl (C=O) groups excluding carboxylic acids is 1. The molecule has 1 amide bonds. The first-order chi connectivity index (χ1) is 10.7. The first-order valence-electron chi connectivity index (χ1n) is 6.46. The van der Waals surface area contributed by atoms with E-state index in [0.29, 0.717) is 22.7 Å². The molecule has 3 aromatic rings. The average molecular weight is 359 g/mol. The third-order valence-corrected chi connectivity index (χ3v) is 3.35. The lowest BCUT2D eigenvalue weighted by molar-refractivity contribution is 0.0950. The molecule has 3 aromatic heterocycles. The Hall–Kier alpha value is -2.54. The predicted octanol–water partition coefficient (Wildman–Crippen LogP) is 2.82. The predicted molar refractivity (Wildman–Crippen MR) is 82.8 cm³/mol. The highest BCUT2D eigenvalue weighted by atomic mass is 79.9. The zero-order valence-electron chi connectivity index (χ0n) is 11.4. The minimum absolute atomic E-state index is 0.232. The van der Waals surface area contributed by atoms with E-state index in [-0.39, 0.29) is 12.5 Å². The molecule has 0 fully saturated rings. The Balaban J connectivity index is 1.76. The van der Waals surface area contributed by atoms with Crippen molar-refractivity contribution in [3.8, 4) is 11.5 Å². The zero-order valence-corrected chi connectivity index (χ0v) is 12.9. The fourth-order valence-electron chi connectivity index (χ4n) is 1.92. The number of pyridine rings is 1. The van der Waals surface area contributed by atoms with Gasteiger partial charge >= 0.3 is 0 Å². The molecule has 0 bridgehead atoms. The fraction of sp³-hybridized carbons (Fsp3) is 0.0667. The number of hydrogen-bond acceptors (Lipinski definition) is 5. The molecule has 0 radical (unpaired) electrons. The van der Waals surface area contributed by atoms with E-state index in [0.717, 1.165) is 4.47 Å². The van der Waals surface area contributed by atoms with Crippen LogP contribution in [0.1, 0.15) is 16.1 Å². The lowest BCUT2D eigenvalue weighted by Crippen LogP contribution is -2.24. The second-order valence-corrected chi connectivity index (χ2v) is 5.32. The van der Waals surface area contributed by atoms with Crippen LogP contribution in [0.15, 0.2) is 58.1 Å². The Morgan fingerprint density at radius 2 is 2.14 bits per heavy atom. The van der Waals surface area contributed by atoms with Crippen molar-refractivity contribution in [1.82, 2.24) is 20.3 Å². The zero-order chi connectivity index (χ0) is 15.4. The number of nitrogens with zero attached hydrogens (tertiary/aromatic N) is 3. The van der Waals surface area contributed by atoms with Gasteiger partial charge in [0, 0.05) is 29.3 Å². The maximum Gasteiger partial charge on any atom is 0.253 e. The number of rotatable bonds is 4. The van der Waals surface area contributed by atoms with E-state index in [2.05, 4.69) is 36.2 Å². The minimum atomic E-state index is -0.232. The van der Waals surface area contributed by atoms with E-state index in [1.807, 2.05) is 0 Å². The van der Waals surface area contributed by atoms with E-state index in [9.17, 15) is 4.79 Å². The van der Waals surface area contributed by atoms with Gasteiger partial charge in [-0.3, -0.25) is 14.8 Å². The van der Waals surface area contributed by atoms with E-state index in [4.69, 9.17) is 4.42 Å². The molecule has 0 aromatic carbocycles. The molecule has 0 unspecified atom stereocenters. The number of aromatic nitrogens is 3. The second-order valence-electron chi connectivity index (χ2n) is 4.40. The lowest BCUT2D eigenvalue weighted by atomic mass is 10.2. The molecular formula is C15H11BrN4O2. The van der Waals surface area contributed by atoms with Crippen molar-refractivity contribution in [2.75, 3.05) is 0 Å². The van der Waals surface area contributed by atoms with Gasteiger partial charge in [-0.25, -0.2) is 4.98 Å². The van der Waals surface area contributed by atoms with Crippen LogP contribution in [0.2, 0.25) is 0 Å². The topological polar surface area (TPSA) is 80.9 Å². The van der Waals surface area contributed by atoms with Gasteiger partial charge in [0.1, 0.15) is 5.69 Å². The van der Waals surface area contributed by atoms with Gasteiger partial charge in [-0.05, 0) is 34.1 Å². The van der Waals surface area contributed by atoms with Crippen LogP contribution < -0.4 is 5.32 Å². The van der Waals surface area contributed by atoms with Gasteiger partial charge in [0.15, 0.2) is 5.76 Å². The van der Waals surface area contributed by atoms with Crippen molar-refractivity contribution < 1.29 is 9.21 Å². The van der Waals surface area contributed by atoms with Gasteiger partial charge < -0.3 is 9.73 Å². The van der Waals surface area contributed by atoms with Crippen LogP contribution in [0.25, 0.3) is 11.5 Å². The van der Waals surface area contributed by atoms with Crippen LogP contribution in [0.3, 0.4) is 0 Å². The summed E-state index contributed by atoms with van der Waals surface area (Å²) in [5.74, 6) is 0.381. The molecule has 3 rings (SSSR count). The molecule has 0 aliphatic heterocycles. The molecule has 110 valence electrons. The van der Waals surface area contributed by atoms with Crippen LogP contribution in [-0.2, 0) is 6.54 Å². The number of furan rings is 1. The molecule has 1 N–H and O–H groups in total. The Labute approximate surface area is 134 Å². The maximum absolute atomic E-state index is 12.1. The molecule has 6 nitrogen and oxygen atoms in total. The summed E-state index contributed by atoms with van der Waals surface area (Å²) in [4.78, 5) is 24.6. The van der Waals surface area contributed by atoms with Crippen LogP contribution in [-0.4, -0.2) is 20.9 Å². The molecule has 0 aliphatic rings. The van der Waals surface area contributed by atoms with E-state index >= 15 is 0 Å². The molecule has 0 atom stereocenters. The van der Waals surface area contributed by atoms with Crippen LogP contribution in [0.4, 0.5) is 0 Å². The van der Waals surface area contributed by atoms with Gasteiger partial charge in [-0.1, -0.05) is 0 Å². The Bertz CT molecular complexity index is 790. The highest BCUT2D eigenvalue weighted by Crippen LogP contribution is 2.19. The molecule has 7 heteroatoms.